The van der Waals surface area contributed by atoms with Gasteiger partial charge in [0.1, 0.15) is 11.5 Å². The fourth-order valence-corrected chi connectivity index (χ4v) is 3.30. The molecule has 33 heavy (non-hydrogen) atoms. The topological polar surface area (TPSA) is 89.8 Å². The van der Waals surface area contributed by atoms with E-state index in [0.717, 1.165) is 29.8 Å². The summed E-state index contributed by atoms with van der Waals surface area (Å²) >= 11 is 0. The van der Waals surface area contributed by atoms with Crippen molar-refractivity contribution >= 4 is 17.6 Å². The number of benzene rings is 2. The molecule has 3 aromatic rings. The summed E-state index contributed by atoms with van der Waals surface area (Å²) in [5.41, 5.74) is 4.17. The molecule has 3 rings (SSSR count). The van der Waals surface area contributed by atoms with Gasteiger partial charge in [-0.3, -0.25) is 14.8 Å². The maximum atomic E-state index is 12.9. The number of hydrogen-bond acceptors (Lipinski definition) is 5. The summed E-state index contributed by atoms with van der Waals surface area (Å²) in [6.07, 6.45) is 3.00. The molecule has 1 amide bonds. The quantitative estimate of drug-likeness (QED) is 0.395. The van der Waals surface area contributed by atoms with Crippen LogP contribution in [0.4, 0.5) is 5.69 Å². The molecule has 0 unspecified atom stereocenters. The minimum absolute atomic E-state index is 0.283. The van der Waals surface area contributed by atoms with Gasteiger partial charge < -0.3 is 14.8 Å². The van der Waals surface area contributed by atoms with E-state index in [4.69, 9.17) is 9.47 Å². The summed E-state index contributed by atoms with van der Waals surface area (Å²) in [5.74, 6) is 1.37. The van der Waals surface area contributed by atoms with E-state index in [1.165, 1.54) is 0 Å². The predicted molar refractivity (Wildman–Crippen MR) is 130 cm³/mol. The Hall–Kier alpha value is -3.81. The van der Waals surface area contributed by atoms with Gasteiger partial charge >= 0.3 is 0 Å². The van der Waals surface area contributed by atoms with Crippen LogP contribution in [0.2, 0.25) is 0 Å². The lowest BCUT2D eigenvalue weighted by molar-refractivity contribution is 0.0977. The van der Waals surface area contributed by atoms with Crippen molar-refractivity contribution in [3.63, 3.8) is 0 Å². The third-order valence-corrected chi connectivity index (χ3v) is 5.10. The molecule has 0 fully saturated rings. The number of hydrogen-bond donors (Lipinski definition) is 2. The van der Waals surface area contributed by atoms with E-state index >= 15 is 0 Å². The van der Waals surface area contributed by atoms with Gasteiger partial charge in [0.05, 0.1) is 32.1 Å². The fourth-order valence-electron chi connectivity index (χ4n) is 3.30. The molecule has 1 heterocycles. The van der Waals surface area contributed by atoms with Crippen LogP contribution in [-0.2, 0) is 13.1 Å². The number of amides is 1. The highest BCUT2D eigenvalue weighted by atomic mass is 16.5. The fraction of sp³-hybridized carbons (Fsp3) is 0.320. The number of rotatable bonds is 8. The lowest BCUT2D eigenvalue weighted by Crippen LogP contribution is -2.36. The van der Waals surface area contributed by atoms with Crippen LogP contribution in [0.1, 0.15) is 40.5 Å². The van der Waals surface area contributed by atoms with Crippen molar-refractivity contribution in [3.8, 4) is 11.5 Å². The molecule has 174 valence electrons. The molecule has 0 aliphatic heterocycles. The first-order valence-corrected chi connectivity index (χ1v) is 10.9. The van der Waals surface area contributed by atoms with E-state index in [-0.39, 0.29) is 5.91 Å². The number of aryl methyl sites for hydroxylation is 3. The molecule has 8 heteroatoms. The molecule has 0 radical (unpaired) electrons. The van der Waals surface area contributed by atoms with E-state index in [1.54, 1.807) is 38.5 Å². The van der Waals surface area contributed by atoms with Gasteiger partial charge in [-0.1, -0.05) is 13.0 Å². The Morgan fingerprint density at radius 2 is 1.85 bits per heavy atom. The molecule has 0 saturated heterocycles. The van der Waals surface area contributed by atoms with Crippen molar-refractivity contribution in [3.05, 3.63) is 71.0 Å². The molecule has 1 aromatic heterocycles. The smallest absolute Gasteiger partial charge is 0.257 e. The molecule has 0 aliphatic carbocycles. The summed E-state index contributed by atoms with van der Waals surface area (Å²) < 4.78 is 12.6. The molecule has 0 saturated carbocycles. The van der Waals surface area contributed by atoms with Crippen LogP contribution in [0.3, 0.4) is 0 Å². The largest absolute Gasteiger partial charge is 0.497 e. The normalized spacial score (nSPS) is 11.2. The second-order valence-corrected chi connectivity index (χ2v) is 7.68. The van der Waals surface area contributed by atoms with Gasteiger partial charge in [-0.15, -0.1) is 0 Å². The zero-order valence-electron chi connectivity index (χ0n) is 19.8. The van der Waals surface area contributed by atoms with Crippen LogP contribution in [0.5, 0.6) is 11.5 Å². The van der Waals surface area contributed by atoms with Crippen molar-refractivity contribution in [2.24, 2.45) is 4.99 Å². The van der Waals surface area contributed by atoms with Crippen LogP contribution in [0, 0.1) is 13.8 Å². The van der Waals surface area contributed by atoms with Gasteiger partial charge in [0, 0.05) is 23.9 Å². The van der Waals surface area contributed by atoms with Crippen LogP contribution < -0.4 is 20.1 Å². The lowest BCUT2D eigenvalue weighted by atomic mass is 10.2. The molecule has 0 bridgehead atoms. The number of carbonyl (C=O) groups excluding carboxylic acids is 1. The predicted octanol–water partition coefficient (Wildman–Crippen LogP) is 4.33. The van der Waals surface area contributed by atoms with Gasteiger partial charge in [-0.2, -0.15) is 5.10 Å². The zero-order chi connectivity index (χ0) is 23.8. The van der Waals surface area contributed by atoms with Gasteiger partial charge in [0.25, 0.3) is 5.91 Å². The highest BCUT2D eigenvalue weighted by Gasteiger charge is 2.13. The SMILES string of the molecule is CCCn1cc(CN=C(NC(=O)c2ccc(OC)cc2)Nc2cc(C)ccc2OC)c(C)n1. The summed E-state index contributed by atoms with van der Waals surface area (Å²) in [6, 6.07) is 12.7. The number of methoxy groups -OCH3 is 2. The number of nitrogens with zero attached hydrogens (tertiary/aromatic N) is 3. The van der Waals surface area contributed by atoms with E-state index in [9.17, 15) is 4.79 Å². The molecule has 8 nitrogen and oxygen atoms in total. The number of carbonyl (C=O) groups is 1. The number of ether oxygens (including phenoxy) is 2. The van der Waals surface area contributed by atoms with Gasteiger partial charge in [-0.25, -0.2) is 4.99 Å². The number of nitrogens with one attached hydrogen (secondary N) is 2. The summed E-state index contributed by atoms with van der Waals surface area (Å²) in [7, 11) is 3.19. The second kappa shape index (κ2) is 11.2. The molecule has 2 aromatic carbocycles. The van der Waals surface area contributed by atoms with Crippen molar-refractivity contribution in [2.75, 3.05) is 19.5 Å². The third-order valence-electron chi connectivity index (χ3n) is 5.10. The molecular weight excluding hydrogens is 418 g/mol. The molecular formula is C25H31N5O3. The Morgan fingerprint density at radius 3 is 2.52 bits per heavy atom. The van der Waals surface area contributed by atoms with Crippen LogP contribution in [0.25, 0.3) is 0 Å². The van der Waals surface area contributed by atoms with E-state index in [0.29, 0.717) is 35.3 Å². The molecule has 0 spiro atoms. The summed E-state index contributed by atoms with van der Waals surface area (Å²) in [6.45, 7) is 7.28. The minimum atomic E-state index is -0.283. The second-order valence-electron chi connectivity index (χ2n) is 7.68. The first-order valence-electron chi connectivity index (χ1n) is 10.9. The number of guanidine groups is 1. The molecule has 2 N–H and O–H groups in total. The monoisotopic (exact) mass is 449 g/mol. The Morgan fingerprint density at radius 1 is 1.09 bits per heavy atom. The average Bonchev–Trinajstić information content (AvgIpc) is 3.16. The van der Waals surface area contributed by atoms with Crippen molar-refractivity contribution in [1.29, 1.82) is 0 Å². The average molecular weight is 450 g/mol. The molecule has 0 aliphatic rings. The van der Waals surface area contributed by atoms with Gasteiger partial charge in [0.15, 0.2) is 0 Å². The van der Waals surface area contributed by atoms with Crippen molar-refractivity contribution in [2.45, 2.75) is 40.3 Å². The van der Waals surface area contributed by atoms with E-state index in [2.05, 4.69) is 27.6 Å². The van der Waals surface area contributed by atoms with Gasteiger partial charge in [-0.05, 0) is 62.2 Å². The maximum absolute atomic E-state index is 12.9. The number of aliphatic imine (C=N–C) groups is 1. The summed E-state index contributed by atoms with van der Waals surface area (Å²) in [4.78, 5) is 17.6. The third kappa shape index (κ3) is 6.35. The van der Waals surface area contributed by atoms with Crippen LogP contribution in [-0.4, -0.2) is 35.9 Å². The van der Waals surface area contributed by atoms with Crippen LogP contribution >= 0.6 is 0 Å². The highest BCUT2D eigenvalue weighted by molar-refractivity contribution is 6.10. The number of aromatic nitrogens is 2. The molecule has 0 atom stereocenters. The van der Waals surface area contributed by atoms with Crippen molar-refractivity contribution < 1.29 is 14.3 Å². The Bertz CT molecular complexity index is 1120. The number of anilines is 1. The van der Waals surface area contributed by atoms with Crippen LogP contribution in [0.15, 0.2) is 53.7 Å². The lowest BCUT2D eigenvalue weighted by Gasteiger charge is -2.15. The first-order chi connectivity index (χ1) is 15.9. The zero-order valence-corrected chi connectivity index (χ0v) is 19.8. The minimum Gasteiger partial charge on any atom is -0.497 e. The maximum Gasteiger partial charge on any atom is 0.257 e. The Balaban J connectivity index is 1.87. The first kappa shape index (κ1) is 23.8. The van der Waals surface area contributed by atoms with E-state index in [1.807, 2.05) is 42.9 Å². The standard InChI is InChI=1S/C25H31N5O3/c1-6-13-30-16-20(18(3)29-30)15-26-25(27-22-14-17(2)7-12-23(22)33-5)28-24(31)19-8-10-21(32-4)11-9-19/h7-12,14,16H,6,13,15H2,1-5H3,(H2,26,27,28,31). The van der Waals surface area contributed by atoms with Crippen molar-refractivity contribution in [1.82, 2.24) is 15.1 Å². The highest BCUT2D eigenvalue weighted by Crippen LogP contribution is 2.25. The Labute approximate surface area is 194 Å². The van der Waals surface area contributed by atoms with Gasteiger partial charge in [0.2, 0.25) is 5.96 Å². The Kier molecular flexibility index (Phi) is 8.07. The van der Waals surface area contributed by atoms with E-state index < -0.39 is 0 Å². The summed E-state index contributed by atoms with van der Waals surface area (Å²) in [5, 5.41) is 10.6.